The van der Waals surface area contributed by atoms with E-state index in [1.165, 1.54) is 10.5 Å². The summed E-state index contributed by atoms with van der Waals surface area (Å²) in [6.45, 7) is 7.51. The van der Waals surface area contributed by atoms with Crippen LogP contribution in [0.5, 0.6) is 5.75 Å². The Hall–Kier alpha value is -2.16. The van der Waals surface area contributed by atoms with E-state index in [1.54, 1.807) is 12.0 Å². The molecule has 1 aromatic carbocycles. The SMILES string of the molecule is CCN1C(=O)N(CC)[C@]2(CC[C@@]3(O)[C@H]4Cc5ccc(OC)cc5[C@@]3(CCN4CCCN(C)C)C2)C1=O. The first kappa shape index (κ1) is 25.5. The molecule has 1 N–H and O–H groups in total. The molecule has 2 saturated heterocycles. The second kappa shape index (κ2) is 8.99. The Morgan fingerprint density at radius 1 is 1.14 bits per heavy atom. The van der Waals surface area contributed by atoms with Crippen LogP contribution < -0.4 is 4.74 Å². The van der Waals surface area contributed by atoms with Crippen LogP contribution in [0.2, 0.25) is 0 Å². The van der Waals surface area contributed by atoms with Crippen molar-refractivity contribution < 1.29 is 19.4 Å². The zero-order valence-corrected chi connectivity index (χ0v) is 22.5. The average Bonchev–Trinajstić information content (AvgIpc) is 3.05. The predicted molar refractivity (Wildman–Crippen MR) is 138 cm³/mol. The van der Waals surface area contributed by atoms with Gasteiger partial charge in [0.15, 0.2) is 0 Å². The highest BCUT2D eigenvalue weighted by atomic mass is 16.5. The number of fused-ring (bicyclic) bond motifs is 1. The Kier molecular flexibility index (Phi) is 6.37. The fourth-order valence-corrected chi connectivity index (χ4v) is 8.01. The van der Waals surface area contributed by atoms with Gasteiger partial charge in [0, 0.05) is 24.5 Å². The van der Waals surface area contributed by atoms with Gasteiger partial charge in [-0.1, -0.05) is 6.07 Å². The zero-order chi connectivity index (χ0) is 25.9. The number of hydrogen-bond donors (Lipinski definition) is 1. The molecule has 4 atom stereocenters. The number of benzene rings is 1. The molecule has 198 valence electrons. The van der Waals surface area contributed by atoms with Crippen molar-refractivity contribution in [3.8, 4) is 5.75 Å². The van der Waals surface area contributed by atoms with Crippen molar-refractivity contribution in [3.63, 3.8) is 0 Å². The van der Waals surface area contributed by atoms with Crippen LogP contribution in [0, 0.1) is 0 Å². The van der Waals surface area contributed by atoms with Crippen molar-refractivity contribution in [1.82, 2.24) is 19.6 Å². The summed E-state index contributed by atoms with van der Waals surface area (Å²) in [6, 6.07) is 6.05. The van der Waals surface area contributed by atoms with Crippen molar-refractivity contribution in [1.29, 1.82) is 0 Å². The van der Waals surface area contributed by atoms with Crippen molar-refractivity contribution in [3.05, 3.63) is 29.3 Å². The molecule has 0 aromatic heterocycles. The van der Waals surface area contributed by atoms with Gasteiger partial charge in [0.05, 0.1) is 12.7 Å². The number of carbonyl (C=O) groups excluding carboxylic acids is 2. The number of urea groups is 1. The van der Waals surface area contributed by atoms with Gasteiger partial charge >= 0.3 is 6.03 Å². The van der Waals surface area contributed by atoms with Gasteiger partial charge in [-0.2, -0.15) is 0 Å². The smallest absolute Gasteiger partial charge is 0.327 e. The number of likely N-dealkylation sites (N-methyl/N-ethyl adjacent to an activating group) is 2. The number of likely N-dealkylation sites (tertiary alicyclic amines) is 1. The summed E-state index contributed by atoms with van der Waals surface area (Å²) in [5, 5.41) is 12.7. The van der Waals surface area contributed by atoms with E-state index in [1.807, 2.05) is 19.9 Å². The molecule has 1 spiro atoms. The minimum atomic E-state index is -0.962. The van der Waals surface area contributed by atoms with Gasteiger partial charge in [-0.25, -0.2) is 4.79 Å². The number of hydrogen-bond acceptors (Lipinski definition) is 6. The van der Waals surface area contributed by atoms with Crippen LogP contribution in [-0.4, -0.2) is 108 Å². The van der Waals surface area contributed by atoms with E-state index < -0.39 is 16.6 Å². The lowest BCUT2D eigenvalue weighted by Crippen LogP contribution is -2.76. The second-order valence-corrected chi connectivity index (χ2v) is 11.5. The molecule has 5 rings (SSSR count). The van der Waals surface area contributed by atoms with E-state index in [2.05, 4.69) is 36.0 Å². The molecule has 8 heteroatoms. The largest absolute Gasteiger partial charge is 0.497 e. The van der Waals surface area contributed by atoms with Crippen molar-refractivity contribution >= 4 is 11.9 Å². The van der Waals surface area contributed by atoms with Gasteiger partial charge in [-0.05, 0) is 109 Å². The minimum Gasteiger partial charge on any atom is -0.497 e. The number of rotatable bonds is 7. The third-order valence-corrected chi connectivity index (χ3v) is 9.71. The maximum absolute atomic E-state index is 13.9. The second-order valence-electron chi connectivity index (χ2n) is 11.5. The number of nitrogens with zero attached hydrogens (tertiary/aromatic N) is 4. The Labute approximate surface area is 215 Å². The van der Waals surface area contributed by atoms with Gasteiger partial charge in [-0.15, -0.1) is 0 Å². The molecule has 0 unspecified atom stereocenters. The summed E-state index contributed by atoms with van der Waals surface area (Å²) in [4.78, 5) is 35.0. The summed E-state index contributed by atoms with van der Waals surface area (Å²) >= 11 is 0. The lowest BCUT2D eigenvalue weighted by Gasteiger charge is -2.66. The molecule has 1 aromatic rings. The standard InChI is InChI=1S/C28H42N4O4/c1-6-31-24(33)27(32(7-2)25(31)34)11-12-28(35)23-17-20-9-10-21(36-5)18-22(20)26(28,19-27)13-16-30(23)15-8-14-29(3)4/h9-10,18,23,35H,6-8,11-17,19H2,1-5H3/t23-,26-,27+,28-/m1/s1. The van der Waals surface area contributed by atoms with Crippen LogP contribution in [0.4, 0.5) is 4.79 Å². The maximum atomic E-state index is 13.9. The lowest BCUT2D eigenvalue weighted by atomic mass is 9.46. The molecule has 36 heavy (non-hydrogen) atoms. The molecule has 1 saturated carbocycles. The summed E-state index contributed by atoms with van der Waals surface area (Å²) in [5.41, 5.74) is -0.131. The Morgan fingerprint density at radius 2 is 1.92 bits per heavy atom. The molecule has 3 fully saturated rings. The number of imide groups is 1. The van der Waals surface area contributed by atoms with Gasteiger partial charge in [0.2, 0.25) is 0 Å². The van der Waals surface area contributed by atoms with E-state index in [0.29, 0.717) is 32.4 Å². The van der Waals surface area contributed by atoms with Crippen LogP contribution in [0.15, 0.2) is 18.2 Å². The van der Waals surface area contributed by atoms with E-state index in [-0.39, 0.29) is 18.0 Å². The number of ether oxygens (including phenoxy) is 1. The molecule has 2 aliphatic heterocycles. The minimum absolute atomic E-state index is 0.00350. The number of methoxy groups -OCH3 is 1. The number of aliphatic hydroxyl groups is 1. The highest BCUT2D eigenvalue weighted by Gasteiger charge is 2.71. The Bertz CT molecular complexity index is 1050. The molecule has 4 aliphatic rings. The van der Waals surface area contributed by atoms with Crippen LogP contribution in [-0.2, 0) is 16.6 Å². The monoisotopic (exact) mass is 498 g/mol. The maximum Gasteiger partial charge on any atom is 0.327 e. The normalized spacial score (nSPS) is 33.9. The first-order chi connectivity index (χ1) is 17.2. The molecule has 0 radical (unpaired) electrons. The number of carbonyl (C=O) groups is 2. The molecule has 8 nitrogen and oxygen atoms in total. The third kappa shape index (κ3) is 3.37. The molecule has 2 heterocycles. The zero-order valence-electron chi connectivity index (χ0n) is 22.5. The van der Waals surface area contributed by atoms with Crippen molar-refractivity contribution in [2.24, 2.45) is 0 Å². The van der Waals surface area contributed by atoms with Gasteiger partial charge in [0.25, 0.3) is 5.91 Å². The lowest BCUT2D eigenvalue weighted by molar-refractivity contribution is -0.188. The molecular formula is C28H42N4O4. The van der Waals surface area contributed by atoms with Gasteiger partial charge < -0.3 is 19.6 Å². The quantitative estimate of drug-likeness (QED) is 0.582. The van der Waals surface area contributed by atoms with E-state index in [0.717, 1.165) is 50.2 Å². The van der Waals surface area contributed by atoms with Gasteiger partial charge in [0.1, 0.15) is 11.3 Å². The number of piperidine rings is 1. The van der Waals surface area contributed by atoms with Crippen molar-refractivity contribution in [2.75, 3.05) is 53.9 Å². The molecule has 2 aliphatic carbocycles. The fourth-order valence-electron chi connectivity index (χ4n) is 8.01. The average molecular weight is 499 g/mol. The topological polar surface area (TPSA) is 76.6 Å². The summed E-state index contributed by atoms with van der Waals surface area (Å²) in [7, 11) is 5.86. The molecule has 3 amide bonds. The number of amides is 3. The summed E-state index contributed by atoms with van der Waals surface area (Å²) in [6.07, 6.45) is 4.07. The Morgan fingerprint density at radius 3 is 2.58 bits per heavy atom. The van der Waals surface area contributed by atoms with Crippen LogP contribution in [0.25, 0.3) is 0 Å². The van der Waals surface area contributed by atoms with E-state index in [4.69, 9.17) is 4.74 Å². The molecule has 2 bridgehead atoms. The fraction of sp³-hybridized carbons (Fsp3) is 0.714. The first-order valence-electron chi connectivity index (χ1n) is 13.6. The summed E-state index contributed by atoms with van der Waals surface area (Å²) in [5.74, 6) is 0.682. The van der Waals surface area contributed by atoms with Gasteiger partial charge in [-0.3, -0.25) is 14.6 Å². The predicted octanol–water partition coefficient (Wildman–Crippen LogP) is 2.47. The van der Waals surface area contributed by atoms with Crippen LogP contribution in [0.3, 0.4) is 0 Å². The van der Waals surface area contributed by atoms with Crippen LogP contribution >= 0.6 is 0 Å². The van der Waals surface area contributed by atoms with Crippen molar-refractivity contribution in [2.45, 2.75) is 75.0 Å². The highest BCUT2D eigenvalue weighted by molar-refractivity contribution is 6.07. The van der Waals surface area contributed by atoms with E-state index >= 15 is 0 Å². The third-order valence-electron chi connectivity index (χ3n) is 9.71. The first-order valence-corrected chi connectivity index (χ1v) is 13.6. The summed E-state index contributed by atoms with van der Waals surface area (Å²) < 4.78 is 5.62. The molecular weight excluding hydrogens is 456 g/mol. The van der Waals surface area contributed by atoms with E-state index in [9.17, 15) is 14.7 Å². The Balaban J connectivity index is 1.61. The highest BCUT2D eigenvalue weighted by Crippen LogP contribution is 2.62. The van der Waals surface area contributed by atoms with Crippen LogP contribution in [0.1, 0.15) is 57.1 Å².